The molecule has 94 valence electrons. The van der Waals surface area contributed by atoms with Crippen molar-refractivity contribution in [2.24, 2.45) is 0 Å². The molecule has 1 aliphatic rings. The second kappa shape index (κ2) is 5.82. The van der Waals surface area contributed by atoms with Crippen LogP contribution in [0.1, 0.15) is 39.0 Å². The van der Waals surface area contributed by atoms with Crippen LogP contribution in [-0.4, -0.2) is 32.5 Å². The van der Waals surface area contributed by atoms with Crippen LogP contribution < -0.4 is 5.32 Å². The van der Waals surface area contributed by atoms with E-state index in [9.17, 15) is 8.42 Å². The lowest BCUT2D eigenvalue weighted by atomic mass is 10.0. The van der Waals surface area contributed by atoms with E-state index in [4.69, 9.17) is 0 Å². The Morgan fingerprint density at radius 1 is 1.50 bits per heavy atom. The quantitative estimate of drug-likeness (QED) is 0.753. The maximum atomic E-state index is 12.0. The van der Waals surface area contributed by atoms with Gasteiger partial charge in [-0.2, -0.15) is 0 Å². The van der Waals surface area contributed by atoms with Crippen molar-refractivity contribution in [1.29, 1.82) is 0 Å². The predicted octanol–water partition coefficient (Wildman–Crippen LogP) is 1.90. The zero-order valence-electron chi connectivity index (χ0n) is 10.3. The van der Waals surface area contributed by atoms with E-state index < -0.39 is 9.84 Å². The standard InChI is InChI=1S/C12H23NO2S/c1-10(2)7-8-11(13-3)12-6-4-5-9-16(12,14)15/h11-13H,1,4-9H2,2-3H3. The molecule has 0 radical (unpaired) electrons. The third-order valence-electron chi connectivity index (χ3n) is 3.33. The molecule has 0 aromatic heterocycles. The van der Waals surface area contributed by atoms with Gasteiger partial charge in [0.2, 0.25) is 0 Å². The van der Waals surface area contributed by atoms with E-state index in [0.29, 0.717) is 5.75 Å². The number of rotatable bonds is 5. The van der Waals surface area contributed by atoms with E-state index in [1.807, 2.05) is 14.0 Å². The molecule has 3 nitrogen and oxygen atoms in total. The molecule has 1 saturated heterocycles. The number of hydrogen-bond acceptors (Lipinski definition) is 3. The highest BCUT2D eigenvalue weighted by Gasteiger charge is 2.34. The van der Waals surface area contributed by atoms with Crippen LogP contribution in [0, 0.1) is 0 Å². The maximum Gasteiger partial charge on any atom is 0.154 e. The summed E-state index contributed by atoms with van der Waals surface area (Å²) in [5, 5.41) is 2.97. The van der Waals surface area contributed by atoms with Crippen LogP contribution in [-0.2, 0) is 9.84 Å². The Kier molecular flexibility index (Phi) is 4.99. The lowest BCUT2D eigenvalue weighted by Gasteiger charge is -2.30. The third-order valence-corrected chi connectivity index (χ3v) is 5.67. The molecule has 1 aliphatic heterocycles. The summed E-state index contributed by atoms with van der Waals surface area (Å²) in [7, 11) is -1.02. The van der Waals surface area contributed by atoms with Crippen molar-refractivity contribution in [2.45, 2.75) is 50.3 Å². The van der Waals surface area contributed by atoms with Gasteiger partial charge in [0, 0.05) is 6.04 Å². The lowest BCUT2D eigenvalue weighted by Crippen LogP contribution is -2.45. The zero-order chi connectivity index (χ0) is 12.2. The number of allylic oxidation sites excluding steroid dienone is 1. The molecule has 0 amide bonds. The number of nitrogens with one attached hydrogen (secondary N) is 1. The first kappa shape index (κ1) is 13.7. The minimum absolute atomic E-state index is 0.0852. The van der Waals surface area contributed by atoms with Crippen LogP contribution in [0.4, 0.5) is 0 Å². The first-order valence-electron chi connectivity index (χ1n) is 6.00. The van der Waals surface area contributed by atoms with Crippen molar-refractivity contribution in [2.75, 3.05) is 12.8 Å². The molecule has 0 aliphatic carbocycles. The van der Waals surface area contributed by atoms with Crippen LogP contribution in [0.5, 0.6) is 0 Å². The molecular weight excluding hydrogens is 222 g/mol. The predicted molar refractivity (Wildman–Crippen MR) is 68.3 cm³/mol. The van der Waals surface area contributed by atoms with Gasteiger partial charge in [-0.1, -0.05) is 12.0 Å². The van der Waals surface area contributed by atoms with Gasteiger partial charge < -0.3 is 5.32 Å². The molecular formula is C12H23NO2S. The van der Waals surface area contributed by atoms with Crippen molar-refractivity contribution >= 4 is 9.84 Å². The Morgan fingerprint density at radius 2 is 2.19 bits per heavy atom. The Balaban J connectivity index is 2.67. The largest absolute Gasteiger partial charge is 0.316 e. The van der Waals surface area contributed by atoms with Crippen molar-refractivity contribution < 1.29 is 8.42 Å². The SMILES string of the molecule is C=C(C)CCC(NC)C1CCCCS1(=O)=O. The summed E-state index contributed by atoms with van der Waals surface area (Å²) in [6.45, 7) is 5.85. The molecule has 4 heteroatoms. The summed E-state index contributed by atoms with van der Waals surface area (Å²) >= 11 is 0. The minimum Gasteiger partial charge on any atom is -0.316 e. The minimum atomic E-state index is -2.87. The van der Waals surface area contributed by atoms with Crippen LogP contribution in [0.2, 0.25) is 0 Å². The van der Waals surface area contributed by atoms with Gasteiger partial charge >= 0.3 is 0 Å². The van der Waals surface area contributed by atoms with E-state index in [-0.39, 0.29) is 11.3 Å². The molecule has 2 unspecified atom stereocenters. The lowest BCUT2D eigenvalue weighted by molar-refractivity contribution is 0.439. The first-order chi connectivity index (χ1) is 7.47. The monoisotopic (exact) mass is 245 g/mol. The Labute approximate surface area is 99.2 Å². The average molecular weight is 245 g/mol. The second-order valence-electron chi connectivity index (χ2n) is 4.79. The van der Waals surface area contributed by atoms with Crippen molar-refractivity contribution in [3.8, 4) is 0 Å². The molecule has 1 heterocycles. The summed E-state index contributed by atoms with van der Waals surface area (Å²) in [6, 6.07) is 0.0852. The number of sulfone groups is 1. The molecule has 0 bridgehead atoms. The van der Waals surface area contributed by atoms with Crippen molar-refractivity contribution in [3.63, 3.8) is 0 Å². The Hall–Kier alpha value is -0.350. The third kappa shape index (κ3) is 3.59. The van der Waals surface area contributed by atoms with Crippen LogP contribution in [0.15, 0.2) is 12.2 Å². The normalized spacial score (nSPS) is 26.2. The smallest absolute Gasteiger partial charge is 0.154 e. The highest BCUT2D eigenvalue weighted by atomic mass is 32.2. The summed E-state index contributed by atoms with van der Waals surface area (Å²) < 4.78 is 23.9. The molecule has 0 aromatic rings. The molecule has 0 saturated carbocycles. The van der Waals surface area contributed by atoms with Gasteiger partial charge in [0.15, 0.2) is 9.84 Å². The van der Waals surface area contributed by atoms with E-state index in [0.717, 1.165) is 37.7 Å². The molecule has 2 atom stereocenters. The number of hydrogen-bond donors (Lipinski definition) is 1. The van der Waals surface area contributed by atoms with E-state index >= 15 is 0 Å². The van der Waals surface area contributed by atoms with Gasteiger partial charge in [-0.25, -0.2) is 8.42 Å². The van der Waals surface area contributed by atoms with Gasteiger partial charge in [-0.05, 0) is 39.7 Å². The van der Waals surface area contributed by atoms with E-state index in [2.05, 4.69) is 11.9 Å². The van der Waals surface area contributed by atoms with Crippen molar-refractivity contribution in [1.82, 2.24) is 5.32 Å². The molecule has 1 rings (SSSR count). The first-order valence-corrected chi connectivity index (χ1v) is 7.72. The van der Waals surface area contributed by atoms with E-state index in [1.165, 1.54) is 0 Å². The molecule has 1 N–H and O–H groups in total. The fraction of sp³-hybridized carbons (Fsp3) is 0.833. The van der Waals surface area contributed by atoms with Crippen LogP contribution >= 0.6 is 0 Å². The Morgan fingerprint density at radius 3 is 2.69 bits per heavy atom. The average Bonchev–Trinajstić information content (AvgIpc) is 2.20. The summed E-state index contributed by atoms with van der Waals surface area (Å²) in [5.74, 6) is 0.364. The second-order valence-corrected chi connectivity index (χ2v) is 7.13. The Bertz CT molecular complexity index is 335. The summed E-state index contributed by atoms with van der Waals surface area (Å²) in [4.78, 5) is 0. The summed E-state index contributed by atoms with van der Waals surface area (Å²) in [6.07, 6.45) is 4.45. The topological polar surface area (TPSA) is 46.2 Å². The zero-order valence-corrected chi connectivity index (χ0v) is 11.1. The molecule has 16 heavy (non-hydrogen) atoms. The summed E-state index contributed by atoms with van der Waals surface area (Å²) in [5.41, 5.74) is 1.12. The van der Waals surface area contributed by atoms with E-state index in [1.54, 1.807) is 0 Å². The highest BCUT2D eigenvalue weighted by molar-refractivity contribution is 7.92. The van der Waals surface area contributed by atoms with Gasteiger partial charge in [-0.3, -0.25) is 0 Å². The fourth-order valence-corrected chi connectivity index (χ4v) is 4.56. The van der Waals surface area contributed by atoms with Crippen molar-refractivity contribution in [3.05, 3.63) is 12.2 Å². The highest BCUT2D eigenvalue weighted by Crippen LogP contribution is 2.24. The van der Waals surface area contributed by atoms with Crippen LogP contribution in [0.3, 0.4) is 0 Å². The van der Waals surface area contributed by atoms with Crippen LogP contribution in [0.25, 0.3) is 0 Å². The van der Waals surface area contributed by atoms with Gasteiger partial charge in [-0.15, -0.1) is 6.58 Å². The molecule has 1 fully saturated rings. The molecule has 0 aromatic carbocycles. The van der Waals surface area contributed by atoms with Gasteiger partial charge in [0.25, 0.3) is 0 Å². The van der Waals surface area contributed by atoms with Gasteiger partial charge in [0.1, 0.15) is 0 Å². The fourth-order valence-electron chi connectivity index (χ4n) is 2.35. The molecule has 0 spiro atoms. The maximum absolute atomic E-state index is 12.0. The van der Waals surface area contributed by atoms with Gasteiger partial charge in [0.05, 0.1) is 11.0 Å².